The molecule has 1 amide bonds. The van der Waals surface area contributed by atoms with Crippen molar-refractivity contribution in [2.75, 3.05) is 6.54 Å². The first-order chi connectivity index (χ1) is 6.56. The number of carbonyl (C=O) groups is 1. The Balaban J connectivity index is 2.22. The second-order valence-electron chi connectivity index (χ2n) is 5.15. The highest BCUT2D eigenvalue weighted by Crippen LogP contribution is 2.48. The molecule has 14 heavy (non-hydrogen) atoms. The van der Waals surface area contributed by atoms with Gasteiger partial charge >= 0.3 is 6.09 Å². The number of hydrogen-bond donors (Lipinski definition) is 1. The predicted octanol–water partition coefficient (Wildman–Crippen LogP) is 2.46. The van der Waals surface area contributed by atoms with Crippen molar-refractivity contribution in [3.8, 4) is 0 Å². The van der Waals surface area contributed by atoms with Crippen LogP contribution >= 0.6 is 0 Å². The van der Waals surface area contributed by atoms with Crippen LogP contribution in [0.5, 0.6) is 0 Å². The molecular formula is C11H19NO2. The Hall–Kier alpha value is -0.730. The van der Waals surface area contributed by atoms with Crippen molar-refractivity contribution < 1.29 is 9.53 Å². The molecule has 1 atom stereocenters. The minimum absolute atomic E-state index is 0.142. The molecule has 1 saturated heterocycles. The van der Waals surface area contributed by atoms with Gasteiger partial charge in [-0.3, -0.25) is 0 Å². The van der Waals surface area contributed by atoms with E-state index < -0.39 is 0 Å². The fraction of sp³-hybridized carbons (Fsp3) is 0.909. The van der Waals surface area contributed by atoms with Gasteiger partial charge < -0.3 is 10.1 Å². The summed E-state index contributed by atoms with van der Waals surface area (Å²) in [5.74, 6) is 0. The highest BCUT2D eigenvalue weighted by molar-refractivity contribution is 5.68. The Morgan fingerprint density at radius 1 is 1.21 bits per heavy atom. The molecule has 1 aliphatic carbocycles. The van der Waals surface area contributed by atoms with Crippen molar-refractivity contribution >= 4 is 6.09 Å². The molecule has 0 aromatic heterocycles. The van der Waals surface area contributed by atoms with E-state index in [1.807, 2.05) is 0 Å². The third-order valence-corrected chi connectivity index (χ3v) is 3.95. The van der Waals surface area contributed by atoms with Gasteiger partial charge in [-0.2, -0.15) is 0 Å². The van der Waals surface area contributed by atoms with Gasteiger partial charge in [0, 0.05) is 18.4 Å². The smallest absolute Gasteiger partial charge is 0.407 e. The van der Waals surface area contributed by atoms with E-state index in [0.717, 1.165) is 19.4 Å². The van der Waals surface area contributed by atoms with Gasteiger partial charge in [0.1, 0.15) is 5.60 Å². The molecule has 2 fully saturated rings. The average molecular weight is 197 g/mol. The average Bonchev–Trinajstić information content (AvgIpc) is 2.11. The maximum Gasteiger partial charge on any atom is 0.407 e. The lowest BCUT2D eigenvalue weighted by molar-refractivity contribution is -0.118. The number of hydrogen-bond acceptors (Lipinski definition) is 2. The van der Waals surface area contributed by atoms with E-state index in [4.69, 9.17) is 4.74 Å². The highest BCUT2D eigenvalue weighted by atomic mass is 16.6. The number of amides is 1. The zero-order valence-corrected chi connectivity index (χ0v) is 9.06. The Morgan fingerprint density at radius 2 is 1.93 bits per heavy atom. The first-order valence-electron chi connectivity index (χ1n) is 5.53. The van der Waals surface area contributed by atoms with Crippen LogP contribution in [0.4, 0.5) is 4.79 Å². The minimum Gasteiger partial charge on any atom is -0.442 e. The SMILES string of the molecule is CC1(C)CCCCC12CCNC(=O)O2. The normalized spacial score (nSPS) is 36.3. The molecule has 1 heterocycles. The zero-order chi connectivity index (χ0) is 10.2. The Labute approximate surface area is 85.2 Å². The van der Waals surface area contributed by atoms with Gasteiger partial charge in [-0.15, -0.1) is 0 Å². The van der Waals surface area contributed by atoms with Crippen LogP contribution < -0.4 is 5.32 Å². The van der Waals surface area contributed by atoms with Crippen molar-refractivity contribution in [1.82, 2.24) is 5.32 Å². The molecule has 3 heteroatoms. The standard InChI is InChI=1S/C11H19NO2/c1-10(2)5-3-4-6-11(10)7-8-12-9(13)14-11/h3-8H2,1-2H3,(H,12,13). The molecule has 3 nitrogen and oxygen atoms in total. The van der Waals surface area contributed by atoms with Crippen LogP contribution in [0.2, 0.25) is 0 Å². The summed E-state index contributed by atoms with van der Waals surface area (Å²) in [6.45, 7) is 5.22. The summed E-state index contributed by atoms with van der Waals surface area (Å²) in [6.07, 6.45) is 5.39. The molecule has 1 spiro atoms. The van der Waals surface area contributed by atoms with Crippen molar-refractivity contribution in [3.63, 3.8) is 0 Å². The van der Waals surface area contributed by atoms with E-state index in [1.165, 1.54) is 19.3 Å². The van der Waals surface area contributed by atoms with E-state index in [-0.39, 0.29) is 17.1 Å². The number of nitrogens with one attached hydrogen (secondary N) is 1. The van der Waals surface area contributed by atoms with Gasteiger partial charge in [-0.25, -0.2) is 4.79 Å². The van der Waals surface area contributed by atoms with Gasteiger partial charge in [0.05, 0.1) is 0 Å². The van der Waals surface area contributed by atoms with Crippen LogP contribution in [0.15, 0.2) is 0 Å². The third-order valence-electron chi connectivity index (χ3n) is 3.95. The van der Waals surface area contributed by atoms with Crippen LogP contribution in [0.3, 0.4) is 0 Å². The molecule has 0 radical (unpaired) electrons. The molecule has 0 aromatic rings. The van der Waals surface area contributed by atoms with Crippen molar-refractivity contribution in [3.05, 3.63) is 0 Å². The van der Waals surface area contributed by atoms with Gasteiger partial charge in [0.25, 0.3) is 0 Å². The topological polar surface area (TPSA) is 38.3 Å². The van der Waals surface area contributed by atoms with Crippen molar-refractivity contribution in [2.45, 2.75) is 51.6 Å². The summed E-state index contributed by atoms with van der Waals surface area (Å²) in [5.41, 5.74) is -0.0450. The molecule has 2 aliphatic rings. The number of alkyl carbamates (subject to hydrolysis) is 1. The summed E-state index contributed by atoms with van der Waals surface area (Å²) >= 11 is 0. The van der Waals surface area contributed by atoms with Crippen LogP contribution in [0, 0.1) is 5.41 Å². The summed E-state index contributed by atoms with van der Waals surface area (Å²) in [5, 5.41) is 2.73. The lowest BCUT2D eigenvalue weighted by atomic mass is 9.63. The lowest BCUT2D eigenvalue weighted by Gasteiger charge is -2.51. The number of ether oxygens (including phenoxy) is 1. The zero-order valence-electron chi connectivity index (χ0n) is 9.06. The molecule has 1 unspecified atom stereocenters. The maximum atomic E-state index is 11.3. The van der Waals surface area contributed by atoms with Gasteiger partial charge in [0.2, 0.25) is 0 Å². The second-order valence-corrected chi connectivity index (χ2v) is 5.15. The molecule has 1 saturated carbocycles. The van der Waals surface area contributed by atoms with Gasteiger partial charge in [-0.05, 0) is 19.3 Å². The molecule has 2 rings (SSSR count). The van der Waals surface area contributed by atoms with E-state index in [2.05, 4.69) is 19.2 Å². The Morgan fingerprint density at radius 3 is 2.57 bits per heavy atom. The van der Waals surface area contributed by atoms with Gasteiger partial charge in [-0.1, -0.05) is 20.3 Å². The Kier molecular flexibility index (Phi) is 2.20. The monoisotopic (exact) mass is 197 g/mol. The maximum absolute atomic E-state index is 11.3. The van der Waals surface area contributed by atoms with Crippen LogP contribution in [0.1, 0.15) is 46.0 Å². The molecule has 80 valence electrons. The third kappa shape index (κ3) is 1.39. The van der Waals surface area contributed by atoms with Crippen molar-refractivity contribution in [2.24, 2.45) is 5.41 Å². The summed E-state index contributed by atoms with van der Waals surface area (Å²) in [4.78, 5) is 11.3. The lowest BCUT2D eigenvalue weighted by Crippen LogP contribution is -2.56. The van der Waals surface area contributed by atoms with Crippen LogP contribution in [-0.4, -0.2) is 18.2 Å². The van der Waals surface area contributed by atoms with E-state index in [9.17, 15) is 4.79 Å². The first kappa shape index (κ1) is 9.81. The van der Waals surface area contributed by atoms with E-state index in [0.29, 0.717) is 0 Å². The largest absolute Gasteiger partial charge is 0.442 e. The highest BCUT2D eigenvalue weighted by Gasteiger charge is 2.50. The summed E-state index contributed by atoms with van der Waals surface area (Å²) in [7, 11) is 0. The fourth-order valence-corrected chi connectivity index (χ4v) is 2.83. The fourth-order valence-electron chi connectivity index (χ4n) is 2.83. The Bertz CT molecular complexity index is 246. The predicted molar refractivity (Wildman–Crippen MR) is 54.1 cm³/mol. The molecule has 0 aromatic carbocycles. The summed E-state index contributed by atoms with van der Waals surface area (Å²) in [6, 6.07) is 0. The van der Waals surface area contributed by atoms with Crippen LogP contribution in [-0.2, 0) is 4.74 Å². The van der Waals surface area contributed by atoms with Crippen molar-refractivity contribution in [1.29, 1.82) is 0 Å². The number of rotatable bonds is 0. The quantitative estimate of drug-likeness (QED) is 0.647. The molecule has 1 N–H and O–H groups in total. The molecule has 0 bridgehead atoms. The van der Waals surface area contributed by atoms with E-state index >= 15 is 0 Å². The molecule has 1 aliphatic heterocycles. The van der Waals surface area contributed by atoms with Crippen LogP contribution in [0.25, 0.3) is 0 Å². The first-order valence-corrected chi connectivity index (χ1v) is 5.53. The van der Waals surface area contributed by atoms with Gasteiger partial charge in [0.15, 0.2) is 0 Å². The molecular weight excluding hydrogens is 178 g/mol. The van der Waals surface area contributed by atoms with E-state index in [1.54, 1.807) is 0 Å². The number of carbonyl (C=O) groups excluding carboxylic acids is 1. The second kappa shape index (κ2) is 3.14. The minimum atomic E-state index is -0.230. The summed E-state index contributed by atoms with van der Waals surface area (Å²) < 4.78 is 5.58.